The highest BCUT2D eigenvalue weighted by Gasteiger charge is 2.41. The number of nitrogens with zero attached hydrogens (tertiary/aromatic N) is 5. The van der Waals surface area contributed by atoms with E-state index in [1.54, 1.807) is 25.4 Å². The zero-order valence-electron chi connectivity index (χ0n) is 19.0. The van der Waals surface area contributed by atoms with Crippen LogP contribution in [0.4, 0.5) is 18.9 Å². The van der Waals surface area contributed by atoms with E-state index < -0.39 is 18.8 Å². The van der Waals surface area contributed by atoms with Crippen LogP contribution >= 0.6 is 0 Å². The van der Waals surface area contributed by atoms with E-state index in [-0.39, 0.29) is 18.2 Å². The lowest BCUT2D eigenvalue weighted by Crippen LogP contribution is -2.30. The number of ether oxygens (including phenoxy) is 2. The number of anilines is 1. The Morgan fingerprint density at radius 3 is 2.62 bits per heavy atom. The van der Waals surface area contributed by atoms with Crippen molar-refractivity contribution in [3.8, 4) is 17.0 Å². The number of aromatic nitrogens is 4. The summed E-state index contributed by atoms with van der Waals surface area (Å²) < 4.78 is 50.4. The van der Waals surface area contributed by atoms with Gasteiger partial charge in [0.25, 0.3) is 5.91 Å². The molecule has 11 heteroatoms. The summed E-state index contributed by atoms with van der Waals surface area (Å²) >= 11 is 0. The van der Waals surface area contributed by atoms with Crippen molar-refractivity contribution in [2.24, 2.45) is 0 Å². The zero-order chi connectivity index (χ0) is 24.5. The molecule has 3 aromatic rings. The smallest absolute Gasteiger partial charge is 0.408 e. The van der Waals surface area contributed by atoms with Crippen LogP contribution in [0.1, 0.15) is 41.5 Å². The molecule has 0 spiro atoms. The number of alkyl halides is 3. The van der Waals surface area contributed by atoms with Gasteiger partial charge in [-0.25, -0.2) is 4.98 Å². The molecule has 0 saturated heterocycles. The predicted molar refractivity (Wildman–Crippen MR) is 118 cm³/mol. The minimum Gasteiger partial charge on any atom is -0.492 e. The first kappa shape index (κ1) is 23.7. The minimum atomic E-state index is -4.43. The van der Waals surface area contributed by atoms with Crippen LogP contribution in [0.5, 0.6) is 5.75 Å². The number of halogens is 3. The third-order valence-corrected chi connectivity index (χ3v) is 5.34. The first-order valence-electron chi connectivity index (χ1n) is 10.8. The molecule has 1 amide bonds. The number of carbonyl (C=O) groups is 1. The van der Waals surface area contributed by atoms with Gasteiger partial charge in [-0.3, -0.25) is 19.4 Å². The fourth-order valence-corrected chi connectivity index (χ4v) is 3.98. The maximum atomic E-state index is 13.4. The summed E-state index contributed by atoms with van der Waals surface area (Å²) in [5.74, 6) is 0.240. The third kappa shape index (κ3) is 4.74. The number of hydrogen-bond acceptors (Lipinski definition) is 6. The van der Waals surface area contributed by atoms with Gasteiger partial charge in [0, 0.05) is 24.6 Å². The van der Waals surface area contributed by atoms with Crippen LogP contribution in [0.3, 0.4) is 0 Å². The first-order valence-corrected chi connectivity index (χ1v) is 10.8. The van der Waals surface area contributed by atoms with Gasteiger partial charge in [0.1, 0.15) is 18.3 Å². The minimum absolute atomic E-state index is 0.132. The monoisotopic (exact) mass is 475 g/mol. The summed E-state index contributed by atoms with van der Waals surface area (Å²) in [5, 5.41) is 3.79. The maximum absolute atomic E-state index is 13.4. The van der Waals surface area contributed by atoms with Crippen LogP contribution in [0, 0.1) is 6.92 Å². The van der Waals surface area contributed by atoms with Crippen molar-refractivity contribution in [3.05, 3.63) is 53.7 Å². The Balaban J connectivity index is 1.75. The van der Waals surface area contributed by atoms with E-state index >= 15 is 0 Å². The van der Waals surface area contributed by atoms with Crippen LogP contribution < -0.4 is 9.64 Å². The second kappa shape index (κ2) is 9.41. The first-order chi connectivity index (χ1) is 16.2. The SMILES string of the molecule is CCOCC1c2nc(-c3cncc(OCC)c3)cc(C)c2C(=O)N1c1cnn(CC(F)(F)F)c1. The fraction of sp³-hybridized carbons (Fsp3) is 0.391. The molecule has 0 saturated carbocycles. The molecule has 180 valence electrons. The molecule has 0 aliphatic carbocycles. The summed E-state index contributed by atoms with van der Waals surface area (Å²) in [6.45, 7) is 5.28. The number of hydrogen-bond donors (Lipinski definition) is 0. The number of pyridine rings is 2. The second-order valence-electron chi connectivity index (χ2n) is 7.79. The highest BCUT2D eigenvalue weighted by Crippen LogP contribution is 2.39. The average Bonchev–Trinajstić information content (AvgIpc) is 3.33. The van der Waals surface area contributed by atoms with E-state index in [9.17, 15) is 18.0 Å². The van der Waals surface area contributed by atoms with Crippen molar-refractivity contribution in [1.82, 2.24) is 19.7 Å². The summed E-state index contributed by atoms with van der Waals surface area (Å²) in [4.78, 5) is 23.8. The molecule has 4 rings (SSSR count). The molecule has 0 radical (unpaired) electrons. The van der Waals surface area contributed by atoms with E-state index in [0.29, 0.717) is 41.5 Å². The van der Waals surface area contributed by atoms with Crippen LogP contribution in [0.2, 0.25) is 0 Å². The lowest BCUT2D eigenvalue weighted by molar-refractivity contribution is -0.142. The average molecular weight is 475 g/mol. The van der Waals surface area contributed by atoms with Gasteiger partial charge >= 0.3 is 6.18 Å². The molecule has 0 aromatic carbocycles. The number of fused-ring (bicyclic) bond motifs is 1. The molecule has 0 bridgehead atoms. The van der Waals surface area contributed by atoms with Crippen molar-refractivity contribution >= 4 is 11.6 Å². The zero-order valence-corrected chi connectivity index (χ0v) is 19.0. The Morgan fingerprint density at radius 1 is 1.12 bits per heavy atom. The Morgan fingerprint density at radius 2 is 1.91 bits per heavy atom. The van der Waals surface area contributed by atoms with Crippen molar-refractivity contribution in [1.29, 1.82) is 0 Å². The summed E-state index contributed by atoms with van der Waals surface area (Å²) in [6, 6.07) is 2.99. The Kier molecular flexibility index (Phi) is 6.56. The van der Waals surface area contributed by atoms with Gasteiger partial charge in [-0.2, -0.15) is 18.3 Å². The topological polar surface area (TPSA) is 82.4 Å². The van der Waals surface area contributed by atoms with Gasteiger partial charge in [0.05, 0.1) is 48.2 Å². The van der Waals surface area contributed by atoms with Crippen LogP contribution in [-0.2, 0) is 11.3 Å². The second-order valence-corrected chi connectivity index (χ2v) is 7.79. The van der Waals surface area contributed by atoms with Crippen LogP contribution in [-0.4, -0.2) is 51.7 Å². The molecule has 4 heterocycles. The van der Waals surface area contributed by atoms with Crippen molar-refractivity contribution in [2.75, 3.05) is 24.7 Å². The summed E-state index contributed by atoms with van der Waals surface area (Å²) in [7, 11) is 0. The maximum Gasteiger partial charge on any atom is 0.408 e. The van der Waals surface area contributed by atoms with Crippen molar-refractivity contribution in [2.45, 2.75) is 39.5 Å². The molecule has 8 nitrogen and oxygen atoms in total. The molecule has 0 N–H and O–H groups in total. The lowest BCUT2D eigenvalue weighted by Gasteiger charge is -2.23. The standard InChI is InChI=1S/C23H24F3N5O3/c1-4-33-12-19-21-20(22(32)31(19)16-9-28-30(11-16)13-23(24,25)26)14(3)6-18(29-21)15-7-17(34-5-2)10-27-8-15/h6-11,19H,4-5,12-13H2,1-3H3. The third-order valence-electron chi connectivity index (χ3n) is 5.34. The normalized spacial score (nSPS) is 15.6. The van der Waals surface area contributed by atoms with Crippen LogP contribution in [0.25, 0.3) is 11.3 Å². The Bertz CT molecular complexity index is 1190. The van der Waals surface area contributed by atoms with E-state index in [1.807, 2.05) is 19.9 Å². The molecule has 1 aliphatic heterocycles. The van der Waals surface area contributed by atoms with Gasteiger partial charge in [-0.15, -0.1) is 0 Å². The molecule has 34 heavy (non-hydrogen) atoms. The van der Waals surface area contributed by atoms with Crippen molar-refractivity contribution < 1.29 is 27.4 Å². The van der Waals surface area contributed by atoms with E-state index in [0.717, 1.165) is 10.2 Å². The van der Waals surface area contributed by atoms with E-state index in [1.165, 1.54) is 17.3 Å². The van der Waals surface area contributed by atoms with Gasteiger partial charge < -0.3 is 9.47 Å². The summed E-state index contributed by atoms with van der Waals surface area (Å²) in [5.41, 5.74) is 3.17. The van der Waals surface area contributed by atoms with Gasteiger partial charge in [0.2, 0.25) is 0 Å². The van der Waals surface area contributed by atoms with Gasteiger partial charge in [-0.1, -0.05) is 0 Å². The summed E-state index contributed by atoms with van der Waals surface area (Å²) in [6.07, 6.45) is 1.30. The Labute approximate surface area is 194 Å². The molecule has 1 atom stereocenters. The Hall–Kier alpha value is -3.47. The fourth-order valence-electron chi connectivity index (χ4n) is 3.98. The highest BCUT2D eigenvalue weighted by molar-refractivity contribution is 6.11. The van der Waals surface area contributed by atoms with Gasteiger partial charge in [0.15, 0.2) is 0 Å². The van der Waals surface area contributed by atoms with E-state index in [4.69, 9.17) is 14.5 Å². The van der Waals surface area contributed by atoms with E-state index in [2.05, 4.69) is 10.1 Å². The number of carbonyl (C=O) groups excluding carboxylic acids is 1. The quantitative estimate of drug-likeness (QED) is 0.482. The molecule has 1 unspecified atom stereocenters. The van der Waals surface area contributed by atoms with Crippen molar-refractivity contribution in [3.63, 3.8) is 0 Å². The molecule has 1 aliphatic rings. The lowest BCUT2D eigenvalue weighted by atomic mass is 10.0. The number of amides is 1. The molecular formula is C23H24F3N5O3. The highest BCUT2D eigenvalue weighted by atomic mass is 19.4. The van der Waals surface area contributed by atoms with Gasteiger partial charge in [-0.05, 0) is 38.5 Å². The molecular weight excluding hydrogens is 451 g/mol. The van der Waals surface area contributed by atoms with Crippen LogP contribution in [0.15, 0.2) is 36.9 Å². The number of rotatable bonds is 8. The largest absolute Gasteiger partial charge is 0.492 e. The number of aryl methyl sites for hydroxylation is 1. The molecule has 3 aromatic heterocycles. The predicted octanol–water partition coefficient (Wildman–Crippen LogP) is 4.35. The molecule has 0 fully saturated rings.